The van der Waals surface area contributed by atoms with Crippen LogP contribution >= 0.6 is 0 Å². The van der Waals surface area contributed by atoms with Gasteiger partial charge in [0.25, 0.3) is 5.91 Å². The minimum absolute atomic E-state index is 0.00421. The smallest absolute Gasteiger partial charge is 0.471 e. The third kappa shape index (κ3) is 5.23. The summed E-state index contributed by atoms with van der Waals surface area (Å²) in [6.45, 7) is 0.0891. The van der Waals surface area contributed by atoms with Crippen molar-refractivity contribution in [2.45, 2.75) is 12.7 Å². The summed E-state index contributed by atoms with van der Waals surface area (Å²) < 4.78 is 41.8. The number of ether oxygens (including phenoxy) is 1. The molecular formula is C17H15F3N2O3. The van der Waals surface area contributed by atoms with Crippen molar-refractivity contribution in [3.63, 3.8) is 0 Å². The number of nitrogens with one attached hydrogen (secondary N) is 2. The molecule has 0 saturated heterocycles. The topological polar surface area (TPSA) is 67.4 Å². The van der Waals surface area contributed by atoms with Gasteiger partial charge in [0.2, 0.25) is 0 Å². The van der Waals surface area contributed by atoms with E-state index in [1.165, 1.54) is 25.3 Å². The van der Waals surface area contributed by atoms with E-state index in [4.69, 9.17) is 4.74 Å². The summed E-state index contributed by atoms with van der Waals surface area (Å²) in [7, 11) is 1.48. The number of halogens is 3. The molecule has 132 valence electrons. The number of amides is 2. The molecule has 2 aromatic carbocycles. The number of alkyl halides is 3. The molecule has 0 aliphatic carbocycles. The van der Waals surface area contributed by atoms with Gasteiger partial charge in [0, 0.05) is 17.8 Å². The molecule has 0 spiro atoms. The first-order chi connectivity index (χ1) is 11.8. The summed E-state index contributed by atoms with van der Waals surface area (Å²) in [6.07, 6.45) is -4.96. The van der Waals surface area contributed by atoms with Crippen LogP contribution in [0, 0.1) is 0 Å². The van der Waals surface area contributed by atoms with Crippen molar-refractivity contribution in [3.8, 4) is 5.75 Å². The minimum atomic E-state index is -4.96. The predicted molar refractivity (Wildman–Crippen MR) is 85.3 cm³/mol. The largest absolute Gasteiger partial charge is 0.497 e. The van der Waals surface area contributed by atoms with Gasteiger partial charge in [-0.3, -0.25) is 9.59 Å². The standard InChI is InChI=1S/C17H15F3N2O3/c1-25-14-7-3-5-12(9-14)15(23)21-10-11-4-2-6-13(8-11)22-16(24)17(18,19)20/h2-9H,10H2,1H3,(H,21,23)(H,22,24). The van der Waals surface area contributed by atoms with Crippen molar-refractivity contribution in [1.29, 1.82) is 0 Å². The molecule has 0 aliphatic rings. The Bertz CT molecular complexity index is 776. The molecule has 8 heteroatoms. The number of carbonyl (C=O) groups excluding carboxylic acids is 2. The van der Waals surface area contributed by atoms with Crippen LogP contribution < -0.4 is 15.4 Å². The Kier molecular flexibility index (Phi) is 5.63. The van der Waals surface area contributed by atoms with Gasteiger partial charge in [0.15, 0.2) is 0 Å². The van der Waals surface area contributed by atoms with E-state index in [0.717, 1.165) is 0 Å². The van der Waals surface area contributed by atoms with E-state index in [0.29, 0.717) is 16.9 Å². The van der Waals surface area contributed by atoms with Crippen molar-refractivity contribution in [2.24, 2.45) is 0 Å². The zero-order chi connectivity index (χ0) is 18.4. The summed E-state index contributed by atoms with van der Waals surface area (Å²) in [6, 6.07) is 12.3. The van der Waals surface area contributed by atoms with Crippen molar-refractivity contribution in [2.75, 3.05) is 12.4 Å². The first-order valence-corrected chi connectivity index (χ1v) is 7.19. The van der Waals surface area contributed by atoms with Gasteiger partial charge in [0.05, 0.1) is 7.11 Å². The van der Waals surface area contributed by atoms with Crippen LogP contribution in [0.15, 0.2) is 48.5 Å². The molecule has 0 saturated carbocycles. The van der Waals surface area contributed by atoms with E-state index in [1.54, 1.807) is 35.6 Å². The van der Waals surface area contributed by atoms with Gasteiger partial charge in [-0.2, -0.15) is 13.2 Å². The molecule has 0 unspecified atom stereocenters. The fourth-order valence-corrected chi connectivity index (χ4v) is 2.01. The van der Waals surface area contributed by atoms with Crippen molar-refractivity contribution in [3.05, 3.63) is 59.7 Å². The predicted octanol–water partition coefficient (Wildman–Crippen LogP) is 3.13. The fourth-order valence-electron chi connectivity index (χ4n) is 2.01. The van der Waals surface area contributed by atoms with Gasteiger partial charge in [-0.05, 0) is 35.9 Å². The number of hydrogen-bond donors (Lipinski definition) is 2. The van der Waals surface area contributed by atoms with Gasteiger partial charge in [-0.25, -0.2) is 0 Å². The molecule has 2 aromatic rings. The monoisotopic (exact) mass is 352 g/mol. The summed E-state index contributed by atoms with van der Waals surface area (Å²) in [4.78, 5) is 23.0. The Labute approximate surface area is 141 Å². The lowest BCUT2D eigenvalue weighted by atomic mass is 10.1. The van der Waals surface area contributed by atoms with E-state index in [-0.39, 0.29) is 18.1 Å². The maximum atomic E-state index is 12.3. The number of rotatable bonds is 5. The van der Waals surface area contributed by atoms with E-state index in [9.17, 15) is 22.8 Å². The number of benzene rings is 2. The average molecular weight is 352 g/mol. The van der Waals surface area contributed by atoms with Crippen LogP contribution in [0.2, 0.25) is 0 Å². The van der Waals surface area contributed by atoms with Crippen molar-refractivity contribution >= 4 is 17.5 Å². The highest BCUT2D eigenvalue weighted by atomic mass is 19.4. The summed E-state index contributed by atoms with van der Waals surface area (Å²) >= 11 is 0. The normalized spacial score (nSPS) is 10.9. The SMILES string of the molecule is COc1cccc(C(=O)NCc2cccc(NC(=O)C(F)(F)F)c2)c1. The maximum Gasteiger partial charge on any atom is 0.471 e. The van der Waals surface area contributed by atoms with Gasteiger partial charge in [-0.1, -0.05) is 18.2 Å². The van der Waals surface area contributed by atoms with E-state index in [1.807, 2.05) is 0 Å². The van der Waals surface area contributed by atoms with Crippen LogP contribution in [0.1, 0.15) is 15.9 Å². The lowest BCUT2D eigenvalue weighted by molar-refractivity contribution is -0.167. The van der Waals surface area contributed by atoms with Gasteiger partial charge in [-0.15, -0.1) is 0 Å². The quantitative estimate of drug-likeness (QED) is 0.869. The Balaban J connectivity index is 2.00. The summed E-state index contributed by atoms with van der Waals surface area (Å²) in [5, 5.41) is 4.41. The Morgan fingerprint density at radius 3 is 2.48 bits per heavy atom. The first kappa shape index (κ1) is 18.3. The maximum absolute atomic E-state index is 12.3. The van der Waals surface area contributed by atoms with Crippen LogP contribution in [-0.2, 0) is 11.3 Å². The van der Waals surface area contributed by atoms with Crippen LogP contribution in [-0.4, -0.2) is 25.1 Å². The van der Waals surface area contributed by atoms with Crippen molar-refractivity contribution in [1.82, 2.24) is 5.32 Å². The van der Waals surface area contributed by atoms with E-state index < -0.39 is 12.1 Å². The molecule has 5 nitrogen and oxygen atoms in total. The third-order valence-corrected chi connectivity index (χ3v) is 3.23. The lowest BCUT2D eigenvalue weighted by Gasteiger charge is -2.10. The Morgan fingerprint density at radius 1 is 1.08 bits per heavy atom. The van der Waals surface area contributed by atoms with E-state index in [2.05, 4.69) is 5.32 Å². The Morgan fingerprint density at radius 2 is 1.80 bits per heavy atom. The fraction of sp³-hybridized carbons (Fsp3) is 0.176. The number of anilines is 1. The molecule has 0 heterocycles. The average Bonchev–Trinajstić information content (AvgIpc) is 2.59. The highest BCUT2D eigenvalue weighted by Gasteiger charge is 2.38. The second kappa shape index (κ2) is 7.69. The van der Waals surface area contributed by atoms with Gasteiger partial charge >= 0.3 is 12.1 Å². The number of methoxy groups -OCH3 is 1. The Hall–Kier alpha value is -3.03. The molecule has 0 atom stereocenters. The number of hydrogen-bond acceptors (Lipinski definition) is 3. The molecule has 0 fully saturated rings. The summed E-state index contributed by atoms with van der Waals surface area (Å²) in [5.74, 6) is -1.88. The molecule has 0 radical (unpaired) electrons. The van der Waals surface area contributed by atoms with Crippen LogP contribution in [0.4, 0.5) is 18.9 Å². The second-order valence-electron chi connectivity index (χ2n) is 5.07. The minimum Gasteiger partial charge on any atom is -0.497 e. The molecular weight excluding hydrogens is 337 g/mol. The molecule has 0 aliphatic heterocycles. The first-order valence-electron chi connectivity index (χ1n) is 7.19. The van der Waals surface area contributed by atoms with Crippen LogP contribution in [0.3, 0.4) is 0 Å². The second-order valence-corrected chi connectivity index (χ2v) is 5.07. The molecule has 2 rings (SSSR count). The lowest BCUT2D eigenvalue weighted by Crippen LogP contribution is -2.30. The summed E-state index contributed by atoms with van der Waals surface area (Å²) in [5.41, 5.74) is 0.924. The number of carbonyl (C=O) groups is 2. The van der Waals surface area contributed by atoms with Crippen molar-refractivity contribution < 1.29 is 27.5 Å². The highest BCUT2D eigenvalue weighted by Crippen LogP contribution is 2.19. The molecule has 2 N–H and O–H groups in total. The highest BCUT2D eigenvalue weighted by molar-refractivity contribution is 5.95. The molecule has 0 bridgehead atoms. The van der Waals surface area contributed by atoms with Crippen LogP contribution in [0.5, 0.6) is 5.75 Å². The van der Waals surface area contributed by atoms with E-state index >= 15 is 0 Å². The van der Waals surface area contributed by atoms with Crippen LogP contribution in [0.25, 0.3) is 0 Å². The molecule has 2 amide bonds. The third-order valence-electron chi connectivity index (χ3n) is 3.23. The molecule has 25 heavy (non-hydrogen) atoms. The van der Waals surface area contributed by atoms with Gasteiger partial charge < -0.3 is 15.4 Å². The molecule has 0 aromatic heterocycles. The van der Waals surface area contributed by atoms with Gasteiger partial charge in [0.1, 0.15) is 5.75 Å². The zero-order valence-electron chi connectivity index (χ0n) is 13.2. The zero-order valence-corrected chi connectivity index (χ0v) is 13.2.